The van der Waals surface area contributed by atoms with E-state index >= 15 is 0 Å². The summed E-state index contributed by atoms with van der Waals surface area (Å²) in [7, 11) is 7.64. The zero-order valence-electron chi connectivity index (χ0n) is 15.9. The lowest BCUT2D eigenvalue weighted by atomic mass is 10.1. The van der Waals surface area contributed by atoms with Crippen molar-refractivity contribution < 1.29 is 4.74 Å². The molecule has 0 radical (unpaired) electrons. The molecule has 2 aromatic rings. The summed E-state index contributed by atoms with van der Waals surface area (Å²) >= 11 is 0. The van der Waals surface area contributed by atoms with E-state index in [0.29, 0.717) is 6.54 Å². The van der Waals surface area contributed by atoms with Crippen molar-refractivity contribution in [1.82, 2.24) is 15.5 Å². The molecule has 0 saturated heterocycles. The molecule has 0 spiro atoms. The van der Waals surface area contributed by atoms with Gasteiger partial charge in [0.05, 0.1) is 13.2 Å². The van der Waals surface area contributed by atoms with Crippen LogP contribution in [-0.2, 0) is 6.54 Å². The summed E-state index contributed by atoms with van der Waals surface area (Å²) in [4.78, 5) is 6.52. The number of aliphatic imine (C=N–C) groups is 1. The number of hydrogen-bond acceptors (Lipinski definition) is 3. The van der Waals surface area contributed by atoms with Crippen molar-refractivity contribution in [2.75, 3.05) is 34.8 Å². The number of likely N-dealkylation sites (N-methyl/N-ethyl adjacent to an activating group) is 1. The Morgan fingerprint density at radius 1 is 1.04 bits per heavy atom. The van der Waals surface area contributed by atoms with E-state index in [4.69, 9.17) is 4.74 Å². The van der Waals surface area contributed by atoms with Gasteiger partial charge in [-0.05, 0) is 37.4 Å². The van der Waals surface area contributed by atoms with Crippen LogP contribution < -0.4 is 15.4 Å². The zero-order chi connectivity index (χ0) is 18.1. The van der Waals surface area contributed by atoms with E-state index in [9.17, 15) is 0 Å². The maximum Gasteiger partial charge on any atom is 0.191 e. The highest BCUT2D eigenvalue weighted by atomic mass is 127. The third-order valence-electron chi connectivity index (χ3n) is 4.11. The lowest BCUT2D eigenvalue weighted by Gasteiger charge is -2.26. The molecule has 2 N–H and O–H groups in total. The van der Waals surface area contributed by atoms with E-state index in [1.54, 1.807) is 14.2 Å². The molecule has 142 valence electrons. The van der Waals surface area contributed by atoms with Gasteiger partial charge in [-0.25, -0.2) is 0 Å². The standard InChI is InChI=1S/C20H28N4O.HI/c1-21-20(22-14-16-10-12-18(25-4)13-11-16)23-15-19(24(2)3)17-8-6-5-7-9-17;/h5-13,19H,14-15H2,1-4H3,(H2,21,22,23);1H. The summed E-state index contributed by atoms with van der Waals surface area (Å²) in [5.74, 6) is 1.65. The first-order valence-electron chi connectivity index (χ1n) is 8.43. The van der Waals surface area contributed by atoms with Crippen molar-refractivity contribution in [3.8, 4) is 5.75 Å². The average molecular weight is 468 g/mol. The first kappa shape index (κ1) is 22.2. The molecule has 1 atom stereocenters. The molecule has 5 nitrogen and oxygen atoms in total. The van der Waals surface area contributed by atoms with Gasteiger partial charge in [-0.15, -0.1) is 24.0 Å². The van der Waals surface area contributed by atoms with Gasteiger partial charge in [0.15, 0.2) is 5.96 Å². The van der Waals surface area contributed by atoms with Gasteiger partial charge in [0, 0.05) is 20.1 Å². The monoisotopic (exact) mass is 468 g/mol. The minimum atomic E-state index is 0. The van der Waals surface area contributed by atoms with Crippen LogP contribution in [0.3, 0.4) is 0 Å². The van der Waals surface area contributed by atoms with Crippen LogP contribution in [0.5, 0.6) is 5.75 Å². The van der Waals surface area contributed by atoms with Crippen molar-refractivity contribution >= 4 is 29.9 Å². The molecular weight excluding hydrogens is 439 g/mol. The van der Waals surface area contributed by atoms with E-state index in [1.807, 2.05) is 30.3 Å². The molecule has 0 aliphatic rings. The fourth-order valence-corrected chi connectivity index (χ4v) is 2.62. The highest BCUT2D eigenvalue weighted by molar-refractivity contribution is 14.0. The van der Waals surface area contributed by atoms with Gasteiger partial charge in [0.25, 0.3) is 0 Å². The number of hydrogen-bond donors (Lipinski definition) is 2. The SMILES string of the molecule is CN=C(NCc1ccc(OC)cc1)NCC(c1ccccc1)N(C)C.I. The Bertz CT molecular complexity index is 659. The van der Waals surface area contributed by atoms with Crippen molar-refractivity contribution in [3.63, 3.8) is 0 Å². The highest BCUT2D eigenvalue weighted by Gasteiger charge is 2.14. The van der Waals surface area contributed by atoms with E-state index in [0.717, 1.165) is 18.3 Å². The molecule has 6 heteroatoms. The summed E-state index contributed by atoms with van der Waals surface area (Å²) < 4.78 is 5.18. The molecule has 0 aliphatic heterocycles. The summed E-state index contributed by atoms with van der Waals surface area (Å²) in [6, 6.07) is 18.8. The zero-order valence-corrected chi connectivity index (χ0v) is 18.2. The van der Waals surface area contributed by atoms with Crippen LogP contribution in [-0.4, -0.2) is 45.7 Å². The first-order chi connectivity index (χ1) is 12.1. The molecule has 0 aliphatic carbocycles. The van der Waals surface area contributed by atoms with Crippen LogP contribution in [0.4, 0.5) is 0 Å². The third-order valence-corrected chi connectivity index (χ3v) is 4.11. The summed E-state index contributed by atoms with van der Waals surface area (Å²) in [6.07, 6.45) is 0. The molecule has 0 saturated carbocycles. The predicted molar refractivity (Wildman–Crippen MR) is 119 cm³/mol. The van der Waals surface area contributed by atoms with E-state index in [2.05, 4.69) is 58.9 Å². The number of ether oxygens (including phenoxy) is 1. The van der Waals surface area contributed by atoms with Crippen LogP contribution in [0.15, 0.2) is 59.6 Å². The maximum atomic E-state index is 5.18. The van der Waals surface area contributed by atoms with Crippen LogP contribution in [0, 0.1) is 0 Å². The fraction of sp³-hybridized carbons (Fsp3) is 0.350. The Morgan fingerprint density at radius 2 is 1.69 bits per heavy atom. The van der Waals surface area contributed by atoms with Crippen LogP contribution in [0.1, 0.15) is 17.2 Å². The normalized spacial score (nSPS) is 12.3. The number of guanidine groups is 1. The van der Waals surface area contributed by atoms with Crippen LogP contribution >= 0.6 is 24.0 Å². The Labute approximate surface area is 173 Å². The second kappa shape index (κ2) is 11.7. The number of benzene rings is 2. The van der Waals surface area contributed by atoms with E-state index in [-0.39, 0.29) is 30.0 Å². The summed E-state index contributed by atoms with van der Waals surface area (Å²) in [6.45, 7) is 1.49. The average Bonchev–Trinajstić information content (AvgIpc) is 2.65. The lowest BCUT2D eigenvalue weighted by molar-refractivity contribution is 0.298. The number of rotatable bonds is 7. The van der Waals surface area contributed by atoms with Gasteiger partial charge in [0.1, 0.15) is 5.75 Å². The number of nitrogens with one attached hydrogen (secondary N) is 2. The Hall–Kier alpha value is -1.80. The Balaban J connectivity index is 0.00000338. The molecule has 0 fully saturated rings. The van der Waals surface area contributed by atoms with Gasteiger partial charge in [0.2, 0.25) is 0 Å². The molecule has 0 bridgehead atoms. The topological polar surface area (TPSA) is 48.9 Å². The van der Waals surface area contributed by atoms with Crippen molar-refractivity contribution in [2.24, 2.45) is 4.99 Å². The minimum absolute atomic E-state index is 0. The molecule has 0 aromatic heterocycles. The molecular formula is C20H29IN4O. The largest absolute Gasteiger partial charge is 0.497 e. The summed E-state index contributed by atoms with van der Waals surface area (Å²) in [5.41, 5.74) is 2.46. The molecule has 1 unspecified atom stereocenters. The number of halogens is 1. The Kier molecular flexibility index (Phi) is 10.0. The van der Waals surface area contributed by atoms with E-state index < -0.39 is 0 Å². The maximum absolute atomic E-state index is 5.18. The first-order valence-corrected chi connectivity index (χ1v) is 8.43. The quantitative estimate of drug-likeness (QED) is 0.372. The van der Waals surface area contributed by atoms with Crippen molar-refractivity contribution in [1.29, 1.82) is 0 Å². The molecule has 0 heterocycles. The molecule has 0 amide bonds. The third kappa shape index (κ3) is 6.84. The second-order valence-electron chi connectivity index (χ2n) is 6.04. The van der Waals surface area contributed by atoms with Gasteiger partial charge >= 0.3 is 0 Å². The van der Waals surface area contributed by atoms with Gasteiger partial charge in [-0.1, -0.05) is 42.5 Å². The predicted octanol–water partition coefficient (Wildman–Crippen LogP) is 3.28. The van der Waals surface area contributed by atoms with Crippen LogP contribution in [0.2, 0.25) is 0 Å². The number of methoxy groups -OCH3 is 1. The van der Waals surface area contributed by atoms with Crippen LogP contribution in [0.25, 0.3) is 0 Å². The van der Waals surface area contributed by atoms with Gasteiger partial charge < -0.3 is 20.3 Å². The molecule has 26 heavy (non-hydrogen) atoms. The highest BCUT2D eigenvalue weighted by Crippen LogP contribution is 2.16. The smallest absolute Gasteiger partial charge is 0.191 e. The van der Waals surface area contributed by atoms with Crippen molar-refractivity contribution in [2.45, 2.75) is 12.6 Å². The minimum Gasteiger partial charge on any atom is -0.497 e. The number of nitrogens with zero attached hydrogens (tertiary/aromatic N) is 2. The Morgan fingerprint density at radius 3 is 2.23 bits per heavy atom. The fourth-order valence-electron chi connectivity index (χ4n) is 2.62. The molecule has 2 rings (SSSR count). The molecule has 2 aromatic carbocycles. The summed E-state index contributed by atoms with van der Waals surface area (Å²) in [5, 5.41) is 6.76. The van der Waals surface area contributed by atoms with Crippen molar-refractivity contribution in [3.05, 3.63) is 65.7 Å². The van der Waals surface area contributed by atoms with Gasteiger partial charge in [-0.2, -0.15) is 0 Å². The van der Waals surface area contributed by atoms with E-state index in [1.165, 1.54) is 11.1 Å². The lowest BCUT2D eigenvalue weighted by Crippen LogP contribution is -2.41. The van der Waals surface area contributed by atoms with Gasteiger partial charge in [-0.3, -0.25) is 4.99 Å². The second-order valence-corrected chi connectivity index (χ2v) is 6.04.